The highest BCUT2D eigenvalue weighted by atomic mass is 19.4. The average Bonchev–Trinajstić information content (AvgIpc) is 2.86. The second kappa shape index (κ2) is 12.3. The van der Waals surface area contributed by atoms with E-state index in [1.165, 1.54) is 18.4 Å². The van der Waals surface area contributed by atoms with Crippen LogP contribution >= 0.6 is 0 Å². The second-order valence-corrected chi connectivity index (χ2v) is 9.32. The molecule has 0 bridgehead atoms. The van der Waals surface area contributed by atoms with Gasteiger partial charge in [0, 0.05) is 25.2 Å². The topological polar surface area (TPSA) is 70.1 Å². The van der Waals surface area contributed by atoms with Gasteiger partial charge < -0.3 is 14.7 Å². The molecule has 2 aliphatic rings. The summed E-state index contributed by atoms with van der Waals surface area (Å²) in [6.45, 7) is 7.80. The summed E-state index contributed by atoms with van der Waals surface area (Å²) in [7, 11) is 0. The number of likely N-dealkylation sites (tertiary alicyclic amines) is 2. The Labute approximate surface area is 209 Å². The molecule has 2 heterocycles. The molecule has 0 atom stereocenters. The van der Waals surface area contributed by atoms with Gasteiger partial charge in [0.25, 0.3) is 5.91 Å². The van der Waals surface area contributed by atoms with E-state index in [1.807, 2.05) is 48.2 Å². The van der Waals surface area contributed by atoms with Gasteiger partial charge >= 0.3 is 12.1 Å². The van der Waals surface area contributed by atoms with Crippen LogP contribution in [0.15, 0.2) is 54.6 Å². The van der Waals surface area contributed by atoms with E-state index in [0.29, 0.717) is 12.0 Å². The third-order valence-electron chi connectivity index (χ3n) is 6.91. The van der Waals surface area contributed by atoms with Gasteiger partial charge in [-0.05, 0) is 80.9 Å². The van der Waals surface area contributed by atoms with Gasteiger partial charge in [-0.2, -0.15) is 13.2 Å². The van der Waals surface area contributed by atoms with Gasteiger partial charge in [-0.15, -0.1) is 0 Å². The number of carboxylic acids is 1. The van der Waals surface area contributed by atoms with Crippen molar-refractivity contribution in [1.82, 2.24) is 9.80 Å². The van der Waals surface area contributed by atoms with E-state index in [-0.39, 0.29) is 5.91 Å². The SMILES string of the molecule is CCOc1cccc(CN2CCC3(CC2)CCN(C(=O)c2ccccc2)CC3)c1.O=C(O)C(F)(F)F. The Morgan fingerprint density at radius 1 is 0.944 bits per heavy atom. The van der Waals surface area contributed by atoms with Crippen molar-refractivity contribution in [2.45, 2.75) is 45.3 Å². The number of hydrogen-bond donors (Lipinski definition) is 1. The molecule has 2 saturated heterocycles. The molecule has 2 aliphatic heterocycles. The van der Waals surface area contributed by atoms with Gasteiger partial charge in [0.05, 0.1) is 6.61 Å². The first-order valence-electron chi connectivity index (χ1n) is 12.2. The number of benzene rings is 2. The minimum atomic E-state index is -5.08. The van der Waals surface area contributed by atoms with Crippen molar-refractivity contribution in [2.75, 3.05) is 32.8 Å². The Hall–Kier alpha value is -3.07. The lowest BCUT2D eigenvalue weighted by atomic mass is 9.71. The molecule has 36 heavy (non-hydrogen) atoms. The van der Waals surface area contributed by atoms with Gasteiger partial charge in [-0.1, -0.05) is 30.3 Å². The molecule has 9 heteroatoms. The maximum Gasteiger partial charge on any atom is 0.490 e. The van der Waals surface area contributed by atoms with E-state index >= 15 is 0 Å². The predicted molar refractivity (Wildman–Crippen MR) is 130 cm³/mol. The maximum absolute atomic E-state index is 12.7. The van der Waals surface area contributed by atoms with Crippen LogP contribution in [0.3, 0.4) is 0 Å². The minimum Gasteiger partial charge on any atom is -0.494 e. The zero-order chi connectivity index (χ0) is 26.2. The fraction of sp³-hybridized carbons (Fsp3) is 0.481. The normalized spacial score (nSPS) is 17.7. The third kappa shape index (κ3) is 7.71. The van der Waals surface area contributed by atoms with Crippen molar-refractivity contribution >= 4 is 11.9 Å². The summed E-state index contributed by atoms with van der Waals surface area (Å²) in [5.41, 5.74) is 2.57. The number of ether oxygens (including phenoxy) is 1. The molecule has 2 aromatic carbocycles. The molecule has 6 nitrogen and oxygen atoms in total. The summed E-state index contributed by atoms with van der Waals surface area (Å²) >= 11 is 0. The summed E-state index contributed by atoms with van der Waals surface area (Å²) in [5, 5.41) is 7.12. The highest BCUT2D eigenvalue weighted by Crippen LogP contribution is 2.41. The van der Waals surface area contributed by atoms with Crippen LogP contribution in [0.4, 0.5) is 13.2 Å². The van der Waals surface area contributed by atoms with Gasteiger partial charge in [0.2, 0.25) is 0 Å². The molecule has 196 valence electrons. The second-order valence-electron chi connectivity index (χ2n) is 9.32. The summed E-state index contributed by atoms with van der Waals surface area (Å²) in [6.07, 6.45) is -0.324. The number of piperidine rings is 2. The Bertz CT molecular complexity index is 996. The lowest BCUT2D eigenvalue weighted by Gasteiger charge is -2.47. The quantitative estimate of drug-likeness (QED) is 0.601. The Morgan fingerprint density at radius 3 is 2.08 bits per heavy atom. The van der Waals surface area contributed by atoms with Crippen LogP contribution in [-0.2, 0) is 11.3 Å². The van der Waals surface area contributed by atoms with Crippen molar-refractivity contribution < 1.29 is 32.6 Å². The highest BCUT2D eigenvalue weighted by molar-refractivity contribution is 5.94. The number of halogens is 3. The summed E-state index contributed by atoms with van der Waals surface area (Å²) < 4.78 is 37.4. The van der Waals surface area contributed by atoms with Crippen molar-refractivity contribution in [1.29, 1.82) is 0 Å². The van der Waals surface area contributed by atoms with Gasteiger partial charge in [-0.3, -0.25) is 9.69 Å². The largest absolute Gasteiger partial charge is 0.494 e. The van der Waals surface area contributed by atoms with Crippen LogP contribution in [0.25, 0.3) is 0 Å². The van der Waals surface area contributed by atoms with Crippen molar-refractivity contribution in [3.05, 3.63) is 65.7 Å². The number of carbonyl (C=O) groups is 2. The molecule has 0 aromatic heterocycles. The van der Waals surface area contributed by atoms with Gasteiger partial charge in [0.1, 0.15) is 5.75 Å². The molecule has 1 amide bonds. The number of aliphatic carboxylic acids is 1. The van der Waals surface area contributed by atoms with Crippen LogP contribution in [0.1, 0.15) is 48.5 Å². The molecule has 0 aliphatic carbocycles. The Morgan fingerprint density at radius 2 is 1.53 bits per heavy atom. The van der Waals surface area contributed by atoms with E-state index in [1.54, 1.807) is 0 Å². The first-order chi connectivity index (χ1) is 17.1. The summed E-state index contributed by atoms with van der Waals surface area (Å²) in [6, 6.07) is 18.2. The number of alkyl halides is 3. The van der Waals surface area contributed by atoms with Crippen molar-refractivity contribution in [3.8, 4) is 5.75 Å². The summed E-state index contributed by atoms with van der Waals surface area (Å²) in [4.78, 5) is 26.2. The van der Waals surface area contributed by atoms with E-state index in [9.17, 15) is 18.0 Å². The number of hydrogen-bond acceptors (Lipinski definition) is 4. The standard InChI is InChI=1S/C25H32N2O2.C2HF3O2/c1-2-29-23-10-6-7-21(19-23)20-26-15-11-25(12-16-26)13-17-27(18-14-25)24(28)22-8-4-3-5-9-22;3-2(4,5)1(6)7/h3-10,19H,2,11-18,20H2,1H3;(H,6,7). The van der Waals surface area contributed by atoms with E-state index in [4.69, 9.17) is 14.6 Å². The van der Waals surface area contributed by atoms with Crippen LogP contribution < -0.4 is 4.74 Å². The van der Waals surface area contributed by atoms with Crippen LogP contribution in [0.5, 0.6) is 5.75 Å². The molecule has 0 saturated carbocycles. The van der Waals surface area contributed by atoms with E-state index < -0.39 is 12.1 Å². The van der Waals surface area contributed by atoms with E-state index in [2.05, 4.69) is 23.1 Å². The molecule has 4 rings (SSSR count). The molecule has 0 unspecified atom stereocenters. The van der Waals surface area contributed by atoms with Crippen molar-refractivity contribution in [3.63, 3.8) is 0 Å². The zero-order valence-corrected chi connectivity index (χ0v) is 20.5. The lowest BCUT2D eigenvalue weighted by molar-refractivity contribution is -0.192. The molecule has 1 spiro atoms. The molecule has 1 N–H and O–H groups in total. The average molecular weight is 507 g/mol. The molecule has 2 aromatic rings. The maximum atomic E-state index is 12.7. The molecule has 0 radical (unpaired) electrons. The summed E-state index contributed by atoms with van der Waals surface area (Å²) in [5.74, 6) is -1.60. The smallest absolute Gasteiger partial charge is 0.490 e. The molecular formula is C27H33F3N2O4. The number of rotatable bonds is 5. The van der Waals surface area contributed by atoms with Crippen LogP contribution in [0, 0.1) is 5.41 Å². The fourth-order valence-electron chi connectivity index (χ4n) is 4.79. The number of nitrogens with zero attached hydrogens (tertiary/aromatic N) is 2. The number of carbonyl (C=O) groups excluding carboxylic acids is 1. The Balaban J connectivity index is 0.000000454. The fourth-order valence-corrected chi connectivity index (χ4v) is 4.79. The first kappa shape index (κ1) is 27.5. The first-order valence-corrected chi connectivity index (χ1v) is 12.2. The molecular weight excluding hydrogens is 473 g/mol. The van der Waals surface area contributed by atoms with Crippen molar-refractivity contribution in [2.24, 2.45) is 5.41 Å². The van der Waals surface area contributed by atoms with Crippen LogP contribution in [-0.4, -0.2) is 65.7 Å². The van der Waals surface area contributed by atoms with Gasteiger partial charge in [-0.25, -0.2) is 4.79 Å². The number of amides is 1. The third-order valence-corrected chi connectivity index (χ3v) is 6.91. The monoisotopic (exact) mass is 506 g/mol. The lowest BCUT2D eigenvalue weighted by Crippen LogP contribution is -2.48. The van der Waals surface area contributed by atoms with Crippen LogP contribution in [0.2, 0.25) is 0 Å². The predicted octanol–water partition coefficient (Wildman–Crippen LogP) is 5.24. The highest BCUT2D eigenvalue weighted by Gasteiger charge is 2.39. The number of carboxylic acid groups (broad SMARTS) is 1. The van der Waals surface area contributed by atoms with Gasteiger partial charge in [0.15, 0.2) is 0 Å². The zero-order valence-electron chi connectivity index (χ0n) is 20.5. The van der Waals surface area contributed by atoms with E-state index in [0.717, 1.165) is 56.9 Å². The minimum absolute atomic E-state index is 0.187. The molecule has 2 fully saturated rings. The Kier molecular flexibility index (Phi) is 9.37.